The molecule has 29 heavy (non-hydrogen) atoms. The second-order valence-electron chi connectivity index (χ2n) is 7.76. The van der Waals surface area contributed by atoms with Gasteiger partial charge in [-0.05, 0) is 24.5 Å². The molecule has 1 saturated heterocycles. The number of nitriles is 1. The Balaban J connectivity index is 1.28. The van der Waals surface area contributed by atoms with Gasteiger partial charge in [-0.25, -0.2) is 4.79 Å². The third-order valence-corrected chi connectivity index (χ3v) is 5.85. The number of hydrogen-bond donors (Lipinski definition) is 1. The van der Waals surface area contributed by atoms with Gasteiger partial charge in [0.25, 0.3) is 5.89 Å². The van der Waals surface area contributed by atoms with Crippen molar-refractivity contribution in [1.29, 1.82) is 5.26 Å². The van der Waals surface area contributed by atoms with Gasteiger partial charge in [0, 0.05) is 32.7 Å². The minimum atomic E-state index is -0.00481. The molecule has 2 fully saturated rings. The molecule has 0 radical (unpaired) electrons. The van der Waals surface area contributed by atoms with Crippen LogP contribution in [0, 0.1) is 17.2 Å². The van der Waals surface area contributed by atoms with Gasteiger partial charge in [-0.1, -0.05) is 32.1 Å². The fourth-order valence-corrected chi connectivity index (χ4v) is 4.19. The molecule has 0 unspecified atom stereocenters. The van der Waals surface area contributed by atoms with Crippen LogP contribution in [0.2, 0.25) is 0 Å². The predicted molar refractivity (Wildman–Crippen MR) is 107 cm³/mol. The van der Waals surface area contributed by atoms with E-state index in [0.717, 1.165) is 18.9 Å². The van der Waals surface area contributed by atoms with Gasteiger partial charge in [0.05, 0.1) is 6.26 Å². The molecule has 1 aliphatic heterocycles. The van der Waals surface area contributed by atoms with Gasteiger partial charge < -0.3 is 24.0 Å². The number of rotatable bonds is 5. The first-order valence-electron chi connectivity index (χ1n) is 10.5. The lowest BCUT2D eigenvalue weighted by Crippen LogP contribution is -2.52. The van der Waals surface area contributed by atoms with Crippen molar-refractivity contribution >= 4 is 11.9 Å². The molecular weight excluding hydrogens is 370 g/mol. The van der Waals surface area contributed by atoms with E-state index in [1.807, 2.05) is 9.80 Å². The molecule has 1 N–H and O–H groups in total. The molecule has 8 nitrogen and oxygen atoms in total. The van der Waals surface area contributed by atoms with Crippen molar-refractivity contribution in [3.05, 3.63) is 24.1 Å². The van der Waals surface area contributed by atoms with Crippen molar-refractivity contribution < 1.29 is 13.6 Å². The molecule has 2 aliphatic rings. The van der Waals surface area contributed by atoms with E-state index < -0.39 is 0 Å². The molecule has 1 aliphatic carbocycles. The quantitative estimate of drug-likeness (QED) is 0.827. The summed E-state index contributed by atoms with van der Waals surface area (Å²) in [5.41, 5.74) is 0.238. The zero-order valence-corrected chi connectivity index (χ0v) is 16.6. The molecule has 2 aromatic heterocycles. The number of carbonyl (C=O) groups is 1. The maximum absolute atomic E-state index is 12.5. The van der Waals surface area contributed by atoms with Gasteiger partial charge in [-0.15, -0.1) is 0 Å². The molecule has 8 heteroatoms. The number of anilines is 1. The molecule has 2 amide bonds. The lowest BCUT2D eigenvalue weighted by atomic mass is 9.87. The lowest BCUT2D eigenvalue weighted by Gasteiger charge is -2.34. The van der Waals surface area contributed by atoms with E-state index in [1.54, 1.807) is 12.1 Å². The molecule has 4 rings (SSSR count). The molecule has 0 spiro atoms. The molecule has 2 aromatic rings. The van der Waals surface area contributed by atoms with Crippen LogP contribution in [-0.4, -0.2) is 48.6 Å². The average Bonchev–Trinajstić information content (AvgIpc) is 3.44. The molecule has 0 aromatic carbocycles. The van der Waals surface area contributed by atoms with E-state index in [-0.39, 0.29) is 11.7 Å². The Morgan fingerprint density at radius 1 is 1.24 bits per heavy atom. The van der Waals surface area contributed by atoms with E-state index in [1.165, 1.54) is 38.4 Å². The Hall–Kier alpha value is -2.95. The monoisotopic (exact) mass is 397 g/mol. The van der Waals surface area contributed by atoms with Crippen molar-refractivity contribution in [1.82, 2.24) is 15.2 Å². The summed E-state index contributed by atoms with van der Waals surface area (Å²) in [6.45, 7) is 3.10. The van der Waals surface area contributed by atoms with Gasteiger partial charge in [0.15, 0.2) is 5.76 Å². The summed E-state index contributed by atoms with van der Waals surface area (Å²) in [6.07, 6.45) is 9.22. The van der Waals surface area contributed by atoms with Crippen LogP contribution in [0.1, 0.15) is 44.2 Å². The van der Waals surface area contributed by atoms with Crippen LogP contribution in [0.15, 0.2) is 27.2 Å². The fraction of sp³-hybridized carbons (Fsp3) is 0.571. The number of aromatic nitrogens is 1. The van der Waals surface area contributed by atoms with Gasteiger partial charge in [-0.2, -0.15) is 10.2 Å². The summed E-state index contributed by atoms with van der Waals surface area (Å²) in [4.78, 5) is 20.5. The number of nitrogens with one attached hydrogen (secondary N) is 1. The van der Waals surface area contributed by atoms with Gasteiger partial charge in [-0.3, -0.25) is 0 Å². The number of piperazine rings is 1. The largest absolute Gasteiger partial charge is 0.459 e. The van der Waals surface area contributed by atoms with E-state index in [2.05, 4.69) is 16.4 Å². The average molecular weight is 397 g/mol. The highest BCUT2D eigenvalue weighted by Gasteiger charge is 2.27. The Kier molecular flexibility index (Phi) is 6.03. The van der Waals surface area contributed by atoms with Gasteiger partial charge in [0.1, 0.15) is 6.07 Å². The van der Waals surface area contributed by atoms with Crippen molar-refractivity contribution in [2.24, 2.45) is 5.92 Å². The van der Waals surface area contributed by atoms with Crippen molar-refractivity contribution in [2.45, 2.75) is 38.5 Å². The third-order valence-electron chi connectivity index (χ3n) is 5.85. The van der Waals surface area contributed by atoms with E-state index in [4.69, 9.17) is 8.83 Å². The second-order valence-corrected chi connectivity index (χ2v) is 7.76. The first-order chi connectivity index (χ1) is 14.2. The van der Waals surface area contributed by atoms with Crippen molar-refractivity contribution in [3.8, 4) is 17.7 Å². The van der Waals surface area contributed by atoms with E-state index >= 15 is 0 Å². The van der Waals surface area contributed by atoms with Crippen LogP contribution in [0.3, 0.4) is 0 Å². The van der Waals surface area contributed by atoms with E-state index in [0.29, 0.717) is 43.7 Å². The summed E-state index contributed by atoms with van der Waals surface area (Å²) in [5.74, 6) is 1.99. The number of nitrogens with zero attached hydrogens (tertiary/aromatic N) is 4. The molecule has 3 heterocycles. The molecule has 0 atom stereocenters. The summed E-state index contributed by atoms with van der Waals surface area (Å²) < 4.78 is 11.1. The Morgan fingerprint density at radius 3 is 2.72 bits per heavy atom. The van der Waals surface area contributed by atoms with Crippen LogP contribution >= 0.6 is 0 Å². The van der Waals surface area contributed by atoms with Crippen LogP contribution in [0.5, 0.6) is 0 Å². The van der Waals surface area contributed by atoms with E-state index in [9.17, 15) is 10.1 Å². The zero-order valence-electron chi connectivity index (χ0n) is 16.6. The molecule has 1 saturated carbocycles. The highest BCUT2D eigenvalue weighted by molar-refractivity contribution is 5.74. The van der Waals surface area contributed by atoms with Gasteiger partial charge in [0.2, 0.25) is 11.6 Å². The number of amides is 2. The minimum Gasteiger partial charge on any atom is -0.459 e. The predicted octanol–water partition coefficient (Wildman–Crippen LogP) is 3.61. The highest BCUT2D eigenvalue weighted by Crippen LogP contribution is 2.29. The fourth-order valence-electron chi connectivity index (χ4n) is 4.19. The topological polar surface area (TPSA) is 98.5 Å². The van der Waals surface area contributed by atoms with Gasteiger partial charge >= 0.3 is 6.03 Å². The Morgan fingerprint density at radius 2 is 2.03 bits per heavy atom. The number of furan rings is 1. The van der Waals surface area contributed by atoms with Crippen LogP contribution in [0.25, 0.3) is 11.7 Å². The normalized spacial score (nSPS) is 17.9. The van der Waals surface area contributed by atoms with Crippen molar-refractivity contribution in [2.75, 3.05) is 37.6 Å². The number of carbonyl (C=O) groups excluding carboxylic acids is 1. The Bertz CT molecular complexity index is 840. The Labute approximate surface area is 170 Å². The number of hydrogen-bond acceptors (Lipinski definition) is 6. The first-order valence-corrected chi connectivity index (χ1v) is 10.5. The SMILES string of the molecule is N#Cc1nc(-c2ccco2)oc1N1CCN(C(=O)NCCC2CCCCC2)CC1. The van der Waals surface area contributed by atoms with Crippen molar-refractivity contribution in [3.63, 3.8) is 0 Å². The number of urea groups is 1. The maximum atomic E-state index is 12.5. The molecule has 0 bridgehead atoms. The zero-order chi connectivity index (χ0) is 20.1. The summed E-state index contributed by atoms with van der Waals surface area (Å²) >= 11 is 0. The summed E-state index contributed by atoms with van der Waals surface area (Å²) in [6, 6.07) is 5.57. The van der Waals surface area contributed by atoms with Crippen LogP contribution in [-0.2, 0) is 0 Å². The first kappa shape index (κ1) is 19.4. The summed E-state index contributed by atoms with van der Waals surface area (Å²) in [5, 5.41) is 12.5. The number of oxazole rings is 1. The minimum absolute atomic E-state index is 0.00481. The van der Waals surface area contributed by atoms with Crippen LogP contribution < -0.4 is 10.2 Å². The standard InChI is InChI=1S/C21H27N5O3/c22-15-17-20(29-19(24-17)18-7-4-14-28-18)25-10-12-26(13-11-25)21(27)23-9-8-16-5-2-1-3-6-16/h4,7,14,16H,1-3,5-6,8-13H2,(H,23,27). The third kappa shape index (κ3) is 4.56. The maximum Gasteiger partial charge on any atom is 0.317 e. The second kappa shape index (κ2) is 9.03. The summed E-state index contributed by atoms with van der Waals surface area (Å²) in [7, 11) is 0. The lowest BCUT2D eigenvalue weighted by molar-refractivity contribution is 0.192. The smallest absolute Gasteiger partial charge is 0.317 e. The highest BCUT2D eigenvalue weighted by atomic mass is 16.4. The molecule has 154 valence electrons. The van der Waals surface area contributed by atoms with Crippen LogP contribution in [0.4, 0.5) is 10.7 Å². The molecular formula is C21H27N5O3.